The summed E-state index contributed by atoms with van der Waals surface area (Å²) in [5, 5.41) is 10.6. The Hall–Kier alpha value is -2.87. The molecule has 0 unspecified atom stereocenters. The van der Waals surface area contributed by atoms with Crippen molar-refractivity contribution in [3.8, 4) is 17.2 Å². The lowest BCUT2D eigenvalue weighted by Crippen LogP contribution is -2.42. The Labute approximate surface area is 167 Å². The van der Waals surface area contributed by atoms with Gasteiger partial charge in [-0.25, -0.2) is 9.37 Å². The molecule has 1 aromatic carbocycles. The molecule has 5 rings (SSSR count). The molecule has 4 atom stereocenters. The summed E-state index contributed by atoms with van der Waals surface area (Å²) >= 11 is 0. The van der Waals surface area contributed by atoms with Gasteiger partial charge in [-0.1, -0.05) is 0 Å². The van der Waals surface area contributed by atoms with E-state index in [0.717, 1.165) is 0 Å². The van der Waals surface area contributed by atoms with E-state index in [2.05, 4.69) is 4.98 Å². The molecule has 0 bridgehead atoms. The Morgan fingerprint density at radius 1 is 1.17 bits per heavy atom. The number of rotatable bonds is 3. The van der Waals surface area contributed by atoms with Gasteiger partial charge in [0.15, 0.2) is 23.0 Å². The summed E-state index contributed by atoms with van der Waals surface area (Å²) in [6, 6.07) is 8.04. The van der Waals surface area contributed by atoms with Crippen molar-refractivity contribution in [2.24, 2.45) is 11.8 Å². The first-order valence-electron chi connectivity index (χ1n) is 9.72. The van der Waals surface area contributed by atoms with E-state index in [4.69, 9.17) is 14.2 Å². The molecular weight excluding hydrogens is 379 g/mol. The lowest BCUT2D eigenvalue weighted by Gasteiger charge is -2.35. The molecule has 2 fully saturated rings. The topological polar surface area (TPSA) is 81.1 Å². The first-order valence-corrected chi connectivity index (χ1v) is 9.72. The van der Waals surface area contributed by atoms with Crippen molar-refractivity contribution >= 4 is 5.91 Å². The normalized spacial score (nSPS) is 27.6. The van der Waals surface area contributed by atoms with Gasteiger partial charge in [0.2, 0.25) is 6.79 Å². The quantitative estimate of drug-likeness (QED) is 0.851. The largest absolute Gasteiger partial charge is 0.488 e. The summed E-state index contributed by atoms with van der Waals surface area (Å²) in [6.45, 7) is 1.19. The highest BCUT2D eigenvalue weighted by molar-refractivity contribution is 5.92. The van der Waals surface area contributed by atoms with Gasteiger partial charge >= 0.3 is 0 Å². The van der Waals surface area contributed by atoms with E-state index in [-0.39, 0.29) is 30.4 Å². The fourth-order valence-corrected chi connectivity index (χ4v) is 4.50. The van der Waals surface area contributed by atoms with Crippen LogP contribution in [0.15, 0.2) is 36.5 Å². The van der Waals surface area contributed by atoms with E-state index in [9.17, 15) is 14.3 Å². The average molecular weight is 400 g/mol. The van der Waals surface area contributed by atoms with Crippen LogP contribution < -0.4 is 14.2 Å². The van der Waals surface area contributed by atoms with Crippen LogP contribution in [0, 0.1) is 17.7 Å². The van der Waals surface area contributed by atoms with Crippen LogP contribution in [0.2, 0.25) is 0 Å². The third-order valence-electron chi connectivity index (χ3n) is 5.96. The average Bonchev–Trinajstić information content (AvgIpc) is 3.34. The van der Waals surface area contributed by atoms with Crippen molar-refractivity contribution in [2.75, 3.05) is 19.9 Å². The Morgan fingerprint density at radius 2 is 1.97 bits per heavy atom. The molecule has 1 amide bonds. The zero-order valence-corrected chi connectivity index (χ0v) is 15.7. The number of benzene rings is 1. The zero-order chi connectivity index (χ0) is 20.0. The van der Waals surface area contributed by atoms with Gasteiger partial charge in [0.05, 0.1) is 6.10 Å². The molecule has 152 valence electrons. The van der Waals surface area contributed by atoms with Gasteiger partial charge in [-0.2, -0.15) is 0 Å². The van der Waals surface area contributed by atoms with Crippen molar-refractivity contribution in [1.29, 1.82) is 0 Å². The number of aromatic nitrogens is 1. The van der Waals surface area contributed by atoms with Crippen molar-refractivity contribution in [1.82, 2.24) is 9.88 Å². The number of pyridine rings is 1. The SMILES string of the molecule is O=C(c1ncccc1F)N1C[C@H]2C[C@@H](Oc3ccc4c(c3)OCO4)[C@H](O)C[C@H]2C1. The lowest BCUT2D eigenvalue weighted by molar-refractivity contribution is -0.0232. The molecule has 3 heterocycles. The molecule has 0 radical (unpaired) electrons. The first kappa shape index (κ1) is 18.2. The number of fused-ring (bicyclic) bond motifs is 2. The molecule has 8 heteroatoms. The number of carbonyl (C=O) groups is 1. The molecule has 0 spiro atoms. The number of ether oxygens (including phenoxy) is 3. The van der Waals surface area contributed by atoms with E-state index < -0.39 is 17.8 Å². The van der Waals surface area contributed by atoms with Crippen LogP contribution in [0.25, 0.3) is 0 Å². The maximum Gasteiger partial charge on any atom is 0.275 e. The Morgan fingerprint density at radius 3 is 2.79 bits per heavy atom. The Kier molecular flexibility index (Phi) is 4.50. The van der Waals surface area contributed by atoms with Gasteiger partial charge in [0.1, 0.15) is 11.9 Å². The second-order valence-corrected chi connectivity index (χ2v) is 7.77. The Bertz CT molecular complexity index is 939. The molecule has 1 saturated carbocycles. The van der Waals surface area contributed by atoms with E-state index in [1.165, 1.54) is 18.3 Å². The standard InChI is InChI=1S/C21H21FN2O5/c22-15-2-1-5-23-20(15)21(26)24-9-12-6-16(25)18(7-13(12)10-24)29-14-3-4-17-19(8-14)28-11-27-17/h1-5,8,12-13,16,18,25H,6-7,9-11H2/t12-,13+,16+,18+/m0/s1. The van der Waals surface area contributed by atoms with Gasteiger partial charge in [-0.05, 0) is 48.9 Å². The minimum absolute atomic E-state index is 0.153. The molecule has 2 aliphatic heterocycles. The third kappa shape index (κ3) is 3.37. The molecule has 29 heavy (non-hydrogen) atoms. The predicted molar refractivity (Wildman–Crippen MR) is 99.3 cm³/mol. The van der Waals surface area contributed by atoms with Gasteiger partial charge in [-0.15, -0.1) is 0 Å². The number of aliphatic hydroxyl groups is 1. The van der Waals surface area contributed by atoms with E-state index in [1.54, 1.807) is 23.1 Å². The first-order chi connectivity index (χ1) is 14.1. The predicted octanol–water partition coefficient (Wildman–Crippen LogP) is 2.24. The number of aliphatic hydroxyl groups excluding tert-OH is 1. The van der Waals surface area contributed by atoms with Crippen LogP contribution >= 0.6 is 0 Å². The van der Waals surface area contributed by atoms with Gasteiger partial charge in [-0.3, -0.25) is 4.79 Å². The maximum absolute atomic E-state index is 13.9. The summed E-state index contributed by atoms with van der Waals surface area (Å²) in [7, 11) is 0. The van der Waals surface area contributed by atoms with Crippen molar-refractivity contribution < 1.29 is 28.5 Å². The van der Waals surface area contributed by atoms with Crippen molar-refractivity contribution in [3.63, 3.8) is 0 Å². The number of amides is 1. The highest BCUT2D eigenvalue weighted by atomic mass is 19.1. The van der Waals surface area contributed by atoms with E-state index in [1.807, 2.05) is 0 Å². The van der Waals surface area contributed by atoms with Crippen LogP contribution in [0.5, 0.6) is 17.2 Å². The second-order valence-electron chi connectivity index (χ2n) is 7.77. The van der Waals surface area contributed by atoms with Gasteiger partial charge in [0.25, 0.3) is 5.91 Å². The highest BCUT2D eigenvalue weighted by Crippen LogP contribution is 2.40. The molecule has 1 aromatic heterocycles. The molecule has 7 nitrogen and oxygen atoms in total. The summed E-state index contributed by atoms with van der Waals surface area (Å²) < 4.78 is 30.7. The minimum atomic E-state index is -0.636. The highest BCUT2D eigenvalue weighted by Gasteiger charge is 2.44. The van der Waals surface area contributed by atoms with Crippen LogP contribution in [-0.2, 0) is 0 Å². The summed E-state index contributed by atoms with van der Waals surface area (Å²) in [4.78, 5) is 18.2. The van der Waals surface area contributed by atoms with E-state index in [0.29, 0.717) is 43.2 Å². The third-order valence-corrected chi connectivity index (χ3v) is 5.96. The monoisotopic (exact) mass is 400 g/mol. The van der Waals surface area contributed by atoms with Crippen molar-refractivity contribution in [3.05, 3.63) is 48.0 Å². The molecule has 2 aromatic rings. The molecule has 1 aliphatic carbocycles. The van der Waals surface area contributed by atoms with Crippen LogP contribution in [0.1, 0.15) is 23.3 Å². The van der Waals surface area contributed by atoms with Crippen LogP contribution in [-0.4, -0.2) is 53.0 Å². The van der Waals surface area contributed by atoms with Gasteiger partial charge < -0.3 is 24.2 Å². The summed E-state index contributed by atoms with van der Waals surface area (Å²) in [5.41, 5.74) is -0.153. The lowest BCUT2D eigenvalue weighted by atomic mass is 9.78. The van der Waals surface area contributed by atoms with E-state index >= 15 is 0 Å². The minimum Gasteiger partial charge on any atom is -0.488 e. The molecular formula is C21H21FN2O5. The van der Waals surface area contributed by atoms with Gasteiger partial charge in [0, 0.05) is 25.4 Å². The number of halogens is 1. The van der Waals surface area contributed by atoms with Crippen LogP contribution in [0.3, 0.4) is 0 Å². The maximum atomic E-state index is 13.9. The number of carbonyl (C=O) groups excluding carboxylic acids is 1. The molecule has 3 aliphatic rings. The fourth-order valence-electron chi connectivity index (χ4n) is 4.50. The second kappa shape index (κ2) is 7.18. The van der Waals surface area contributed by atoms with Crippen molar-refractivity contribution in [2.45, 2.75) is 25.0 Å². The number of nitrogens with zero attached hydrogens (tertiary/aromatic N) is 2. The molecule has 1 N–H and O–H groups in total. The van der Waals surface area contributed by atoms with Crippen LogP contribution in [0.4, 0.5) is 4.39 Å². The molecule has 1 saturated heterocycles. The summed E-state index contributed by atoms with van der Waals surface area (Å²) in [5.74, 6) is 1.24. The number of hydrogen-bond acceptors (Lipinski definition) is 6. The smallest absolute Gasteiger partial charge is 0.275 e. The Balaban J connectivity index is 1.26. The number of hydrogen-bond donors (Lipinski definition) is 1. The number of likely N-dealkylation sites (tertiary alicyclic amines) is 1. The fraction of sp³-hybridized carbons (Fsp3) is 0.429. The summed E-state index contributed by atoms with van der Waals surface area (Å²) in [6.07, 6.45) is 1.56. The zero-order valence-electron chi connectivity index (χ0n) is 15.7.